The Balaban J connectivity index is 2.05. The van der Waals surface area contributed by atoms with E-state index in [0.29, 0.717) is 0 Å². The first-order valence-electron chi connectivity index (χ1n) is 11.5. The van der Waals surface area contributed by atoms with Crippen LogP contribution in [0.4, 0.5) is 5.69 Å². The fraction of sp³-hybridized carbons (Fsp3) is 0.259. The van der Waals surface area contributed by atoms with Gasteiger partial charge in [-0.05, 0) is 56.7 Å². The number of halogens is 2. The first-order chi connectivity index (χ1) is 17.4. The van der Waals surface area contributed by atoms with Gasteiger partial charge in [0, 0.05) is 13.6 Å². The Kier molecular flexibility index (Phi) is 9.23. The number of likely N-dealkylation sites (N-methyl/N-ethyl adjacent to an activating group) is 1. The SMILES string of the molecule is CNC(=O)[C@@H](C)N(Cc1ccc(C)cc1)C(=O)CN(c1ccc(Cl)c(Cl)c1)S(=O)(=O)c1ccc(C)cc1. The number of hydrogen-bond donors (Lipinski definition) is 1. The molecule has 0 aliphatic heterocycles. The van der Waals surface area contributed by atoms with E-state index in [1.807, 2.05) is 38.1 Å². The number of hydrogen-bond acceptors (Lipinski definition) is 4. The second-order valence-electron chi connectivity index (χ2n) is 8.72. The van der Waals surface area contributed by atoms with Gasteiger partial charge in [0.15, 0.2) is 0 Å². The van der Waals surface area contributed by atoms with Crippen molar-refractivity contribution in [1.29, 1.82) is 0 Å². The molecule has 3 aromatic carbocycles. The summed E-state index contributed by atoms with van der Waals surface area (Å²) in [6.45, 7) is 4.96. The molecule has 3 rings (SSSR count). The van der Waals surface area contributed by atoms with E-state index >= 15 is 0 Å². The molecule has 0 fully saturated rings. The van der Waals surface area contributed by atoms with Crippen molar-refractivity contribution in [3.8, 4) is 0 Å². The van der Waals surface area contributed by atoms with Crippen molar-refractivity contribution in [3.05, 3.63) is 93.5 Å². The molecule has 0 aromatic heterocycles. The third-order valence-corrected chi connectivity index (χ3v) is 8.49. The molecule has 0 aliphatic carbocycles. The first-order valence-corrected chi connectivity index (χ1v) is 13.7. The molecule has 0 spiro atoms. The number of nitrogens with zero attached hydrogens (tertiary/aromatic N) is 2. The van der Waals surface area contributed by atoms with Gasteiger partial charge in [0.1, 0.15) is 12.6 Å². The molecule has 196 valence electrons. The van der Waals surface area contributed by atoms with E-state index in [2.05, 4.69) is 5.32 Å². The van der Waals surface area contributed by atoms with Crippen LogP contribution < -0.4 is 9.62 Å². The number of rotatable bonds is 9. The lowest BCUT2D eigenvalue weighted by atomic mass is 10.1. The van der Waals surface area contributed by atoms with E-state index in [4.69, 9.17) is 23.2 Å². The minimum Gasteiger partial charge on any atom is -0.357 e. The van der Waals surface area contributed by atoms with E-state index in [1.54, 1.807) is 19.1 Å². The lowest BCUT2D eigenvalue weighted by molar-refractivity contribution is -0.139. The summed E-state index contributed by atoms with van der Waals surface area (Å²) in [5, 5.41) is 2.95. The van der Waals surface area contributed by atoms with Crippen LogP contribution in [0.15, 0.2) is 71.6 Å². The fourth-order valence-corrected chi connectivity index (χ4v) is 5.39. The van der Waals surface area contributed by atoms with Gasteiger partial charge in [0.2, 0.25) is 11.8 Å². The number of benzene rings is 3. The standard InChI is InChI=1S/C27H29Cl2N3O4S/c1-18-5-9-21(10-6-18)16-31(20(3)27(34)30-4)26(33)17-32(22-11-14-24(28)25(29)15-22)37(35,36)23-12-7-19(2)8-13-23/h5-15,20H,16-17H2,1-4H3,(H,30,34)/t20-/m1/s1. The first kappa shape index (κ1) is 28.5. The predicted molar refractivity (Wildman–Crippen MR) is 147 cm³/mol. The van der Waals surface area contributed by atoms with Gasteiger partial charge in [-0.15, -0.1) is 0 Å². The number of amides is 2. The van der Waals surface area contributed by atoms with Crippen LogP contribution in [0.25, 0.3) is 0 Å². The van der Waals surface area contributed by atoms with Crippen LogP contribution in [0, 0.1) is 13.8 Å². The Morgan fingerprint density at radius 1 is 0.892 bits per heavy atom. The number of carbonyl (C=O) groups excluding carboxylic acids is 2. The molecule has 0 unspecified atom stereocenters. The van der Waals surface area contributed by atoms with Gasteiger partial charge in [0.05, 0.1) is 20.6 Å². The number of anilines is 1. The van der Waals surface area contributed by atoms with E-state index in [1.165, 1.54) is 42.3 Å². The summed E-state index contributed by atoms with van der Waals surface area (Å²) in [6, 6.07) is 17.4. The third-order valence-electron chi connectivity index (χ3n) is 5.97. The highest BCUT2D eigenvalue weighted by atomic mass is 35.5. The zero-order valence-corrected chi connectivity index (χ0v) is 23.4. The monoisotopic (exact) mass is 561 g/mol. The number of carbonyl (C=O) groups is 2. The van der Waals surface area contributed by atoms with Crippen LogP contribution >= 0.6 is 23.2 Å². The summed E-state index contributed by atoms with van der Waals surface area (Å²) in [5.74, 6) is -0.929. The van der Waals surface area contributed by atoms with Gasteiger partial charge >= 0.3 is 0 Å². The summed E-state index contributed by atoms with van der Waals surface area (Å²) in [6.07, 6.45) is 0. The van der Waals surface area contributed by atoms with Gasteiger partial charge in [-0.2, -0.15) is 0 Å². The van der Waals surface area contributed by atoms with Crippen molar-refractivity contribution >= 4 is 50.7 Å². The molecule has 0 bridgehead atoms. The van der Waals surface area contributed by atoms with Crippen molar-refractivity contribution < 1.29 is 18.0 Å². The number of nitrogens with one attached hydrogen (secondary N) is 1. The van der Waals surface area contributed by atoms with Gasteiger partial charge in [-0.3, -0.25) is 13.9 Å². The maximum atomic E-state index is 13.8. The Bertz CT molecular complexity index is 1380. The third kappa shape index (κ3) is 6.83. The maximum absolute atomic E-state index is 13.8. The quantitative estimate of drug-likeness (QED) is 0.399. The summed E-state index contributed by atoms with van der Waals surface area (Å²) in [4.78, 5) is 27.6. The topological polar surface area (TPSA) is 86.8 Å². The smallest absolute Gasteiger partial charge is 0.264 e. The molecular weight excluding hydrogens is 533 g/mol. The molecule has 0 saturated carbocycles. The van der Waals surface area contributed by atoms with Crippen LogP contribution in [0.5, 0.6) is 0 Å². The highest BCUT2D eigenvalue weighted by molar-refractivity contribution is 7.92. The van der Waals surface area contributed by atoms with Crippen LogP contribution in [0.2, 0.25) is 10.0 Å². The number of aryl methyl sites for hydroxylation is 2. The molecule has 0 aliphatic rings. The zero-order chi connectivity index (χ0) is 27.3. The molecule has 3 aromatic rings. The van der Waals surface area contributed by atoms with Crippen LogP contribution in [0.1, 0.15) is 23.6 Å². The average Bonchev–Trinajstić information content (AvgIpc) is 2.87. The predicted octanol–water partition coefficient (Wildman–Crippen LogP) is 4.97. The lowest BCUT2D eigenvalue weighted by Crippen LogP contribution is -2.50. The summed E-state index contributed by atoms with van der Waals surface area (Å²) in [7, 11) is -2.69. The zero-order valence-electron chi connectivity index (χ0n) is 21.0. The van der Waals surface area contributed by atoms with Gasteiger partial charge in [0.25, 0.3) is 10.0 Å². The second kappa shape index (κ2) is 12.0. The Morgan fingerprint density at radius 2 is 1.46 bits per heavy atom. The molecule has 37 heavy (non-hydrogen) atoms. The van der Waals surface area contributed by atoms with Crippen molar-refractivity contribution in [2.75, 3.05) is 17.9 Å². The minimum atomic E-state index is -4.18. The highest BCUT2D eigenvalue weighted by Crippen LogP contribution is 2.31. The molecule has 0 saturated heterocycles. The second-order valence-corrected chi connectivity index (χ2v) is 11.4. The molecule has 1 N–H and O–H groups in total. The van der Waals surface area contributed by atoms with Crippen molar-refractivity contribution in [3.63, 3.8) is 0 Å². The van der Waals surface area contributed by atoms with Crippen LogP contribution in [-0.4, -0.2) is 44.8 Å². The van der Waals surface area contributed by atoms with Gasteiger partial charge in [-0.25, -0.2) is 8.42 Å². The largest absolute Gasteiger partial charge is 0.357 e. The van der Waals surface area contributed by atoms with Crippen molar-refractivity contribution in [1.82, 2.24) is 10.2 Å². The van der Waals surface area contributed by atoms with E-state index in [9.17, 15) is 18.0 Å². The summed E-state index contributed by atoms with van der Waals surface area (Å²) >= 11 is 12.3. The Morgan fingerprint density at radius 3 is 2.00 bits per heavy atom. The van der Waals surface area contributed by atoms with E-state index < -0.39 is 28.5 Å². The van der Waals surface area contributed by atoms with E-state index in [0.717, 1.165) is 21.0 Å². The molecule has 1 atom stereocenters. The maximum Gasteiger partial charge on any atom is 0.264 e. The van der Waals surface area contributed by atoms with Crippen LogP contribution in [0.3, 0.4) is 0 Å². The van der Waals surface area contributed by atoms with Crippen molar-refractivity contribution in [2.24, 2.45) is 0 Å². The highest BCUT2D eigenvalue weighted by Gasteiger charge is 2.32. The molecular formula is C27H29Cl2N3O4S. The molecule has 0 heterocycles. The molecule has 0 radical (unpaired) electrons. The Hall–Kier alpha value is -3.07. The lowest BCUT2D eigenvalue weighted by Gasteiger charge is -2.32. The number of sulfonamides is 1. The molecule has 2 amide bonds. The van der Waals surface area contributed by atoms with E-state index in [-0.39, 0.29) is 33.1 Å². The summed E-state index contributed by atoms with van der Waals surface area (Å²) in [5.41, 5.74) is 2.92. The van der Waals surface area contributed by atoms with Gasteiger partial charge < -0.3 is 10.2 Å². The summed E-state index contributed by atoms with van der Waals surface area (Å²) < 4.78 is 28.5. The van der Waals surface area contributed by atoms with Gasteiger partial charge in [-0.1, -0.05) is 70.7 Å². The fourth-order valence-electron chi connectivity index (χ4n) is 3.69. The Labute approximate surface area is 228 Å². The normalized spacial score (nSPS) is 12.1. The molecule has 10 heteroatoms. The van der Waals surface area contributed by atoms with Crippen molar-refractivity contribution in [2.45, 2.75) is 38.3 Å². The average molecular weight is 563 g/mol. The minimum absolute atomic E-state index is 0.0152. The van der Waals surface area contributed by atoms with Crippen LogP contribution in [-0.2, 0) is 26.2 Å². The molecule has 7 nitrogen and oxygen atoms in total.